The number of anilines is 2. The summed E-state index contributed by atoms with van der Waals surface area (Å²) >= 11 is 0. The molecule has 4 rings (SSSR count). The van der Waals surface area contributed by atoms with Gasteiger partial charge in [0.25, 0.3) is 0 Å². The molecule has 2 heterocycles. The molecule has 37 heavy (non-hydrogen) atoms. The first kappa shape index (κ1) is 25.9. The molecule has 0 aliphatic rings. The molecule has 2 N–H and O–H groups in total. The van der Waals surface area contributed by atoms with Crippen molar-refractivity contribution in [1.82, 2.24) is 20.2 Å². The van der Waals surface area contributed by atoms with Crippen molar-refractivity contribution in [3.05, 3.63) is 71.9 Å². The van der Waals surface area contributed by atoms with Gasteiger partial charge in [-0.05, 0) is 81.5 Å². The average Bonchev–Trinajstić information content (AvgIpc) is 3.54. The van der Waals surface area contributed by atoms with Crippen LogP contribution < -0.4 is 10.4 Å². The summed E-state index contributed by atoms with van der Waals surface area (Å²) in [5.74, 6) is -0.156. The van der Waals surface area contributed by atoms with Gasteiger partial charge in [-0.15, -0.1) is 5.10 Å². The van der Waals surface area contributed by atoms with Gasteiger partial charge in [-0.3, -0.25) is 10.4 Å². The number of carbonyl (C=O) groups is 1. The normalized spacial score (nSPS) is 11.0. The Bertz CT molecular complexity index is 1280. The van der Waals surface area contributed by atoms with Gasteiger partial charge in [0.05, 0.1) is 35.1 Å². The molecule has 0 aliphatic heterocycles. The molecule has 10 nitrogen and oxygen atoms in total. The molecule has 0 aliphatic carbocycles. The van der Waals surface area contributed by atoms with Gasteiger partial charge < -0.3 is 14.4 Å². The van der Waals surface area contributed by atoms with Crippen molar-refractivity contribution in [2.24, 2.45) is 0 Å². The van der Waals surface area contributed by atoms with Crippen molar-refractivity contribution < 1.29 is 19.2 Å². The summed E-state index contributed by atoms with van der Waals surface area (Å²) in [5.41, 5.74) is 10.6. The van der Waals surface area contributed by atoms with E-state index in [2.05, 4.69) is 51.0 Å². The van der Waals surface area contributed by atoms with E-state index in [-0.39, 0.29) is 6.61 Å². The smallest absolute Gasteiger partial charge is 0.329 e. The lowest BCUT2D eigenvalue weighted by atomic mass is 10.0. The van der Waals surface area contributed by atoms with Crippen LogP contribution in [-0.4, -0.2) is 51.0 Å². The van der Waals surface area contributed by atoms with Crippen LogP contribution in [0.25, 0.3) is 16.8 Å². The molecule has 194 valence electrons. The van der Waals surface area contributed by atoms with Crippen molar-refractivity contribution in [3.63, 3.8) is 0 Å². The summed E-state index contributed by atoms with van der Waals surface area (Å²) in [6, 6.07) is 14.4. The second-order valence-corrected chi connectivity index (χ2v) is 8.86. The van der Waals surface area contributed by atoms with Gasteiger partial charge in [0.15, 0.2) is 0 Å². The lowest BCUT2D eigenvalue weighted by molar-refractivity contribution is -0.142. The molecule has 0 bridgehead atoms. The summed E-state index contributed by atoms with van der Waals surface area (Å²) in [5, 5.41) is 22.9. The fraction of sp³-hybridized carbons (Fsp3) is 0.333. The number of benzene rings is 2. The summed E-state index contributed by atoms with van der Waals surface area (Å²) in [7, 11) is 0. The van der Waals surface area contributed by atoms with Gasteiger partial charge in [-0.1, -0.05) is 22.5 Å². The molecular formula is C27H32N6O4. The lowest BCUT2D eigenvalue weighted by Crippen LogP contribution is -2.31. The number of aromatic nitrogens is 4. The maximum atomic E-state index is 10.6. The SMILES string of the molecule is Cc1ccc(-c2c(C)noc2C)cc1NN(CCCCCOCC(=O)O)c1ccc(-n2ccnn2)cc1. The number of hydrogen-bond donors (Lipinski definition) is 2. The van der Waals surface area contributed by atoms with Crippen LogP contribution in [0.2, 0.25) is 0 Å². The Labute approximate surface area is 215 Å². The zero-order valence-electron chi connectivity index (χ0n) is 21.3. The predicted molar refractivity (Wildman–Crippen MR) is 141 cm³/mol. The Hall–Kier alpha value is -4.18. The van der Waals surface area contributed by atoms with E-state index in [1.165, 1.54) is 0 Å². The molecule has 0 saturated carbocycles. The van der Waals surface area contributed by atoms with Crippen molar-refractivity contribution in [1.29, 1.82) is 0 Å². The number of carboxylic acid groups (broad SMARTS) is 1. The standard InChI is InChI=1S/C27H32N6O4/c1-19-7-8-22(27-20(2)30-37-21(27)3)17-25(19)29-32(14-5-4-6-16-36-18-26(34)35)23-9-11-24(12-10-23)33-15-13-28-31-33/h7-13,15,17,29H,4-6,14,16,18H2,1-3H3,(H,34,35). The van der Waals surface area contributed by atoms with E-state index in [1.54, 1.807) is 17.1 Å². The highest BCUT2D eigenvalue weighted by Gasteiger charge is 2.15. The predicted octanol–water partition coefficient (Wildman–Crippen LogP) is 4.95. The van der Waals surface area contributed by atoms with Crippen molar-refractivity contribution in [2.75, 3.05) is 30.2 Å². The first-order chi connectivity index (χ1) is 17.9. The molecule has 0 atom stereocenters. The summed E-state index contributed by atoms with van der Waals surface area (Å²) < 4.78 is 12.3. The Morgan fingerprint density at radius 2 is 1.92 bits per heavy atom. The highest BCUT2D eigenvalue weighted by Crippen LogP contribution is 2.31. The fourth-order valence-electron chi connectivity index (χ4n) is 4.13. The Morgan fingerprint density at radius 1 is 1.11 bits per heavy atom. The second-order valence-electron chi connectivity index (χ2n) is 8.86. The molecule has 0 radical (unpaired) electrons. The average molecular weight is 505 g/mol. The molecule has 0 saturated heterocycles. The number of hydrazine groups is 1. The maximum absolute atomic E-state index is 10.6. The zero-order chi connectivity index (χ0) is 26.2. The number of unbranched alkanes of at least 4 members (excludes halogenated alkanes) is 2. The van der Waals surface area contributed by atoms with Crippen LogP contribution in [0.4, 0.5) is 11.4 Å². The van der Waals surface area contributed by atoms with Crippen molar-refractivity contribution in [2.45, 2.75) is 40.0 Å². The third-order valence-electron chi connectivity index (χ3n) is 6.06. The van der Waals surface area contributed by atoms with Crippen LogP contribution in [0.15, 0.2) is 59.4 Å². The number of aryl methyl sites for hydroxylation is 3. The third kappa shape index (κ3) is 6.73. The molecular weight excluding hydrogens is 472 g/mol. The first-order valence-corrected chi connectivity index (χ1v) is 12.3. The van der Waals surface area contributed by atoms with Gasteiger partial charge in [0.2, 0.25) is 0 Å². The zero-order valence-corrected chi connectivity index (χ0v) is 21.3. The molecule has 4 aromatic rings. The van der Waals surface area contributed by atoms with E-state index in [0.717, 1.165) is 71.0 Å². The van der Waals surface area contributed by atoms with Gasteiger partial charge >= 0.3 is 5.97 Å². The summed E-state index contributed by atoms with van der Waals surface area (Å²) in [6.07, 6.45) is 6.06. The maximum Gasteiger partial charge on any atom is 0.329 e. The van der Waals surface area contributed by atoms with Crippen LogP contribution in [0.1, 0.15) is 36.3 Å². The number of nitrogens with one attached hydrogen (secondary N) is 1. The largest absolute Gasteiger partial charge is 0.480 e. The quantitative estimate of drug-likeness (QED) is 0.192. The highest BCUT2D eigenvalue weighted by atomic mass is 16.5. The van der Waals surface area contributed by atoms with E-state index >= 15 is 0 Å². The van der Waals surface area contributed by atoms with Gasteiger partial charge in [-0.25, -0.2) is 9.48 Å². The van der Waals surface area contributed by atoms with Crippen LogP contribution in [0.3, 0.4) is 0 Å². The molecule has 2 aromatic carbocycles. The van der Waals surface area contributed by atoms with Gasteiger partial charge in [0, 0.05) is 18.7 Å². The van der Waals surface area contributed by atoms with Crippen molar-refractivity contribution >= 4 is 17.3 Å². The lowest BCUT2D eigenvalue weighted by Gasteiger charge is -2.28. The van der Waals surface area contributed by atoms with Gasteiger partial charge in [-0.2, -0.15) is 0 Å². The second kappa shape index (κ2) is 12.2. The number of hydrogen-bond acceptors (Lipinski definition) is 8. The van der Waals surface area contributed by atoms with Crippen molar-refractivity contribution in [3.8, 4) is 16.8 Å². The van der Waals surface area contributed by atoms with Gasteiger partial charge in [0.1, 0.15) is 12.4 Å². The fourth-order valence-corrected chi connectivity index (χ4v) is 4.13. The first-order valence-electron chi connectivity index (χ1n) is 12.3. The number of ether oxygens (including phenoxy) is 1. The monoisotopic (exact) mass is 504 g/mol. The number of nitrogens with zero attached hydrogens (tertiary/aromatic N) is 5. The molecule has 0 amide bonds. The highest BCUT2D eigenvalue weighted by molar-refractivity contribution is 5.73. The number of rotatable bonds is 13. The molecule has 0 spiro atoms. The van der Waals surface area contributed by atoms with Crippen LogP contribution in [0, 0.1) is 20.8 Å². The van der Waals surface area contributed by atoms with Crippen LogP contribution >= 0.6 is 0 Å². The van der Waals surface area contributed by atoms with Crippen LogP contribution in [-0.2, 0) is 9.53 Å². The topological polar surface area (TPSA) is 119 Å². The minimum absolute atomic E-state index is 0.257. The van der Waals surface area contributed by atoms with E-state index in [0.29, 0.717) is 6.61 Å². The number of carboxylic acids is 1. The minimum Gasteiger partial charge on any atom is -0.480 e. The van der Waals surface area contributed by atoms with E-state index in [4.69, 9.17) is 14.4 Å². The Morgan fingerprint density at radius 3 is 2.59 bits per heavy atom. The summed E-state index contributed by atoms with van der Waals surface area (Å²) in [6.45, 7) is 6.87. The third-order valence-corrected chi connectivity index (χ3v) is 6.06. The Kier molecular flexibility index (Phi) is 8.52. The minimum atomic E-state index is -0.945. The van der Waals surface area contributed by atoms with E-state index in [1.807, 2.05) is 38.1 Å². The molecule has 0 fully saturated rings. The van der Waals surface area contributed by atoms with E-state index < -0.39 is 5.97 Å². The van der Waals surface area contributed by atoms with Crippen LogP contribution in [0.5, 0.6) is 0 Å². The molecule has 2 aromatic heterocycles. The molecule has 0 unspecified atom stereocenters. The number of aliphatic carboxylic acids is 1. The summed E-state index contributed by atoms with van der Waals surface area (Å²) in [4.78, 5) is 10.6. The van der Waals surface area contributed by atoms with E-state index in [9.17, 15) is 4.79 Å². The molecule has 10 heteroatoms. The Balaban J connectivity index is 1.51.